The summed E-state index contributed by atoms with van der Waals surface area (Å²) in [5.41, 5.74) is 1.47. The van der Waals surface area contributed by atoms with Crippen LogP contribution in [0.3, 0.4) is 0 Å². The number of likely N-dealkylation sites (tertiary alicyclic amines) is 1. The molecule has 1 aliphatic heterocycles. The number of nitrogens with one attached hydrogen (secondary N) is 2. The summed E-state index contributed by atoms with van der Waals surface area (Å²) in [7, 11) is 0. The summed E-state index contributed by atoms with van der Waals surface area (Å²) >= 11 is 0. The number of imide groups is 1. The van der Waals surface area contributed by atoms with Crippen molar-refractivity contribution in [3.05, 3.63) is 72.6 Å². The molecule has 2 heterocycles. The molecule has 4 amide bonds. The highest BCUT2D eigenvalue weighted by Crippen LogP contribution is 2.49. The molecule has 1 aromatic carbocycles. The van der Waals surface area contributed by atoms with Crippen molar-refractivity contribution in [2.45, 2.75) is 25.4 Å². The minimum Gasteiger partial charge on any atom is -0.317 e. The third-order valence-electron chi connectivity index (χ3n) is 6.59. The van der Waals surface area contributed by atoms with Crippen LogP contribution in [0.4, 0.5) is 10.5 Å². The van der Waals surface area contributed by atoms with Crippen LogP contribution in [0.1, 0.15) is 18.4 Å². The maximum absolute atomic E-state index is 13.4. The minimum absolute atomic E-state index is 0.109. The van der Waals surface area contributed by atoms with Crippen LogP contribution in [0, 0.1) is 23.7 Å². The second kappa shape index (κ2) is 7.98. The van der Waals surface area contributed by atoms with Gasteiger partial charge in [-0.05, 0) is 42.4 Å². The molecular formula is C24H24N4O3. The van der Waals surface area contributed by atoms with Crippen LogP contribution in [0.2, 0.25) is 0 Å². The van der Waals surface area contributed by atoms with Gasteiger partial charge in [0.25, 0.3) is 0 Å². The Bertz CT molecular complexity index is 992. The van der Waals surface area contributed by atoms with Crippen molar-refractivity contribution in [3.8, 4) is 0 Å². The largest absolute Gasteiger partial charge is 0.320 e. The van der Waals surface area contributed by atoms with Crippen molar-refractivity contribution in [2.75, 3.05) is 5.32 Å². The first-order chi connectivity index (χ1) is 15.1. The van der Waals surface area contributed by atoms with Gasteiger partial charge in [-0.25, -0.2) is 4.79 Å². The fourth-order valence-electron chi connectivity index (χ4n) is 5.20. The number of hydrogen-bond acceptors (Lipinski definition) is 4. The molecule has 2 aromatic rings. The van der Waals surface area contributed by atoms with Gasteiger partial charge in [0.1, 0.15) is 6.17 Å². The van der Waals surface area contributed by atoms with Crippen LogP contribution >= 0.6 is 0 Å². The van der Waals surface area contributed by atoms with Gasteiger partial charge in [-0.15, -0.1) is 0 Å². The summed E-state index contributed by atoms with van der Waals surface area (Å²) in [5.74, 6) is -0.736. The second-order valence-corrected chi connectivity index (χ2v) is 8.43. The van der Waals surface area contributed by atoms with Crippen LogP contribution < -0.4 is 10.6 Å². The number of pyridine rings is 1. The van der Waals surface area contributed by atoms with E-state index in [-0.39, 0.29) is 35.5 Å². The lowest BCUT2D eigenvalue weighted by atomic mass is 9.63. The molecule has 3 aliphatic carbocycles. The summed E-state index contributed by atoms with van der Waals surface area (Å²) in [5, 5.41) is 5.59. The van der Waals surface area contributed by atoms with Crippen molar-refractivity contribution in [3.63, 3.8) is 0 Å². The summed E-state index contributed by atoms with van der Waals surface area (Å²) < 4.78 is 0. The van der Waals surface area contributed by atoms with Gasteiger partial charge in [-0.1, -0.05) is 42.5 Å². The Balaban J connectivity index is 1.41. The van der Waals surface area contributed by atoms with Crippen LogP contribution in [0.5, 0.6) is 0 Å². The smallest absolute Gasteiger partial charge is 0.317 e. The van der Waals surface area contributed by atoms with Crippen LogP contribution in [0.15, 0.2) is 67.0 Å². The number of nitrogens with zero attached hydrogens (tertiary/aromatic N) is 2. The van der Waals surface area contributed by atoms with E-state index in [1.165, 1.54) is 11.1 Å². The zero-order chi connectivity index (χ0) is 21.4. The Kier molecular flexibility index (Phi) is 5.02. The lowest BCUT2D eigenvalue weighted by Gasteiger charge is -2.38. The van der Waals surface area contributed by atoms with Crippen molar-refractivity contribution in [1.29, 1.82) is 0 Å². The van der Waals surface area contributed by atoms with E-state index in [4.69, 9.17) is 0 Å². The third-order valence-corrected chi connectivity index (χ3v) is 6.59. The van der Waals surface area contributed by atoms with E-state index in [0.717, 1.165) is 18.4 Å². The Morgan fingerprint density at radius 2 is 1.68 bits per heavy atom. The predicted molar refractivity (Wildman–Crippen MR) is 115 cm³/mol. The van der Waals surface area contributed by atoms with Crippen molar-refractivity contribution < 1.29 is 14.4 Å². The second-order valence-electron chi connectivity index (χ2n) is 8.43. The molecule has 5 unspecified atom stereocenters. The average Bonchev–Trinajstić information content (AvgIpc) is 3.08. The number of hydrogen-bond donors (Lipinski definition) is 2. The number of carbonyl (C=O) groups excluding carboxylic acids is 3. The molecule has 0 radical (unpaired) electrons. The van der Waals surface area contributed by atoms with Gasteiger partial charge in [-0.3, -0.25) is 19.5 Å². The summed E-state index contributed by atoms with van der Waals surface area (Å²) in [4.78, 5) is 44.8. The lowest BCUT2D eigenvalue weighted by molar-refractivity contribution is -0.143. The maximum atomic E-state index is 13.4. The van der Waals surface area contributed by atoms with Crippen molar-refractivity contribution in [2.24, 2.45) is 23.7 Å². The predicted octanol–water partition coefficient (Wildman–Crippen LogP) is 2.97. The van der Waals surface area contributed by atoms with Crippen LogP contribution in [0.25, 0.3) is 0 Å². The van der Waals surface area contributed by atoms with Crippen LogP contribution in [-0.4, -0.2) is 33.9 Å². The molecule has 1 aromatic heterocycles. The SMILES string of the molecule is O=C(Nc1cccnc1)NC(Cc1ccccc1)N1C(=O)C2C3C=CC(CC3)C2C1=O. The van der Waals surface area contributed by atoms with Crippen molar-refractivity contribution >= 4 is 23.5 Å². The lowest BCUT2D eigenvalue weighted by Crippen LogP contribution is -2.53. The Hall–Kier alpha value is -3.48. The normalized spacial score (nSPS) is 27.2. The van der Waals surface area contributed by atoms with E-state index < -0.39 is 12.2 Å². The van der Waals surface area contributed by atoms with Gasteiger partial charge in [-0.2, -0.15) is 0 Å². The number of aromatic nitrogens is 1. The van der Waals surface area contributed by atoms with E-state index in [1.54, 1.807) is 18.3 Å². The molecule has 7 nitrogen and oxygen atoms in total. The highest BCUT2D eigenvalue weighted by atomic mass is 16.2. The quantitative estimate of drug-likeness (QED) is 0.579. The number of urea groups is 1. The number of carbonyl (C=O) groups is 3. The monoisotopic (exact) mass is 416 g/mol. The first kappa shape index (κ1) is 19.5. The van der Waals surface area contributed by atoms with Crippen LogP contribution in [-0.2, 0) is 16.0 Å². The summed E-state index contributed by atoms with van der Waals surface area (Å²) in [6, 6.07) is 12.5. The number of benzene rings is 1. The van der Waals surface area contributed by atoms with E-state index in [9.17, 15) is 14.4 Å². The van der Waals surface area contributed by atoms with E-state index in [2.05, 4.69) is 27.8 Å². The number of amides is 4. The minimum atomic E-state index is -0.760. The molecule has 31 heavy (non-hydrogen) atoms. The van der Waals surface area contributed by atoms with E-state index in [0.29, 0.717) is 12.1 Å². The first-order valence-corrected chi connectivity index (χ1v) is 10.7. The Morgan fingerprint density at radius 1 is 1.00 bits per heavy atom. The highest BCUT2D eigenvalue weighted by Gasteiger charge is 2.58. The van der Waals surface area contributed by atoms with Gasteiger partial charge in [0, 0.05) is 12.6 Å². The number of fused-ring (bicyclic) bond motifs is 1. The number of anilines is 1. The number of allylic oxidation sites excluding steroid dienone is 2. The van der Waals surface area contributed by atoms with E-state index >= 15 is 0 Å². The summed E-state index contributed by atoms with van der Waals surface area (Å²) in [6.07, 6.45) is 8.81. The molecule has 1 saturated carbocycles. The standard InChI is InChI=1S/C24H24N4O3/c29-22-20-16-8-9-17(11-10-16)21(20)23(30)28(22)19(13-15-5-2-1-3-6-15)27-24(31)26-18-7-4-12-25-14-18/h1-9,12,14,16-17,19-21H,10-11,13H2,(H2,26,27,31). The van der Waals surface area contributed by atoms with Crippen molar-refractivity contribution in [1.82, 2.24) is 15.2 Å². The van der Waals surface area contributed by atoms with Gasteiger partial charge in [0.2, 0.25) is 11.8 Å². The average molecular weight is 416 g/mol. The van der Waals surface area contributed by atoms with Gasteiger partial charge >= 0.3 is 6.03 Å². The molecule has 158 valence electrons. The molecule has 0 spiro atoms. The molecule has 2 fully saturated rings. The van der Waals surface area contributed by atoms with Gasteiger partial charge in [0.05, 0.1) is 23.7 Å². The Labute approximate surface area is 180 Å². The zero-order valence-electron chi connectivity index (χ0n) is 17.0. The molecular weight excluding hydrogens is 392 g/mol. The Morgan fingerprint density at radius 3 is 2.26 bits per heavy atom. The molecule has 7 heteroatoms. The molecule has 6 rings (SSSR count). The zero-order valence-corrected chi connectivity index (χ0v) is 17.0. The van der Waals surface area contributed by atoms with Gasteiger partial charge < -0.3 is 10.6 Å². The third kappa shape index (κ3) is 3.60. The molecule has 4 aliphatic rings. The topological polar surface area (TPSA) is 91.4 Å². The number of rotatable bonds is 5. The van der Waals surface area contributed by atoms with Gasteiger partial charge in [0.15, 0.2) is 0 Å². The molecule has 1 saturated heterocycles. The van der Waals surface area contributed by atoms with E-state index in [1.807, 2.05) is 30.3 Å². The fourth-order valence-corrected chi connectivity index (χ4v) is 5.20. The maximum Gasteiger partial charge on any atom is 0.320 e. The molecule has 2 bridgehead atoms. The first-order valence-electron chi connectivity index (χ1n) is 10.7. The molecule has 2 N–H and O–H groups in total. The molecule has 5 atom stereocenters. The fraction of sp³-hybridized carbons (Fsp3) is 0.333. The highest BCUT2D eigenvalue weighted by molar-refractivity contribution is 6.06. The summed E-state index contributed by atoms with van der Waals surface area (Å²) in [6.45, 7) is 0.